The molecule has 0 radical (unpaired) electrons. The molecule has 0 aromatic carbocycles. The van der Waals surface area contributed by atoms with Crippen LogP contribution >= 0.6 is 22.6 Å². The third kappa shape index (κ3) is 4.94. The van der Waals surface area contributed by atoms with E-state index in [9.17, 15) is 8.42 Å². The maximum absolute atomic E-state index is 11.5. The van der Waals surface area contributed by atoms with Gasteiger partial charge in [0.25, 0.3) is 0 Å². The zero-order valence-corrected chi connectivity index (χ0v) is 11.3. The van der Waals surface area contributed by atoms with Crippen LogP contribution in [0.4, 0.5) is 0 Å². The molecule has 0 aliphatic carbocycles. The van der Waals surface area contributed by atoms with Crippen molar-refractivity contribution in [2.45, 2.75) is 19.1 Å². The van der Waals surface area contributed by atoms with Gasteiger partial charge in [-0.1, -0.05) is 27.7 Å². The van der Waals surface area contributed by atoms with Crippen molar-refractivity contribution in [1.82, 2.24) is 9.88 Å². The Bertz CT molecular complexity index is 402. The molecule has 0 fully saturated rings. The monoisotopic (exact) mass is 344 g/mol. The quantitative estimate of drug-likeness (QED) is 0.479. The van der Waals surface area contributed by atoms with Gasteiger partial charge >= 0.3 is 0 Å². The number of nitrogens with zero attached hydrogens (tertiary/aromatic N) is 1. The first-order chi connectivity index (χ1) is 7.03. The van der Waals surface area contributed by atoms with E-state index >= 15 is 0 Å². The van der Waals surface area contributed by atoms with E-state index in [0.717, 1.165) is 10.8 Å². The number of halogens is 1. The Kier molecular flexibility index (Phi) is 5.00. The van der Waals surface area contributed by atoms with Crippen LogP contribution in [0.3, 0.4) is 0 Å². The molecule has 1 heterocycles. The van der Waals surface area contributed by atoms with Gasteiger partial charge in [-0.2, -0.15) is 0 Å². The van der Waals surface area contributed by atoms with E-state index in [1.165, 1.54) is 0 Å². The van der Waals surface area contributed by atoms with Gasteiger partial charge in [0.05, 0.1) is 0 Å². The van der Waals surface area contributed by atoms with Crippen LogP contribution in [0, 0.1) is 6.92 Å². The molecular weight excluding hydrogens is 331 g/mol. The average Bonchev–Trinajstić information content (AvgIpc) is 2.50. The van der Waals surface area contributed by atoms with Crippen LogP contribution in [0.15, 0.2) is 10.6 Å². The number of aryl methyl sites for hydroxylation is 1. The van der Waals surface area contributed by atoms with E-state index in [1.54, 1.807) is 13.0 Å². The molecule has 1 rings (SSSR count). The zero-order chi connectivity index (χ0) is 11.3. The maximum atomic E-state index is 11.5. The van der Waals surface area contributed by atoms with Gasteiger partial charge in [0.2, 0.25) is 10.0 Å². The molecule has 7 heteroatoms. The van der Waals surface area contributed by atoms with Crippen molar-refractivity contribution in [3.05, 3.63) is 17.5 Å². The fraction of sp³-hybridized carbons (Fsp3) is 0.625. The molecule has 0 saturated carbocycles. The van der Waals surface area contributed by atoms with Gasteiger partial charge in [-0.15, -0.1) is 0 Å². The van der Waals surface area contributed by atoms with Crippen LogP contribution < -0.4 is 4.72 Å². The van der Waals surface area contributed by atoms with Crippen LogP contribution in [0.5, 0.6) is 0 Å². The van der Waals surface area contributed by atoms with Crippen LogP contribution in [0.1, 0.15) is 17.9 Å². The largest absolute Gasteiger partial charge is 0.361 e. The normalized spacial score (nSPS) is 11.9. The van der Waals surface area contributed by atoms with E-state index in [-0.39, 0.29) is 5.75 Å². The summed E-state index contributed by atoms with van der Waals surface area (Å²) in [5, 5.41) is 3.63. The summed E-state index contributed by atoms with van der Waals surface area (Å²) in [7, 11) is -3.27. The Morgan fingerprint density at radius 2 is 2.33 bits per heavy atom. The molecule has 0 aliphatic heterocycles. The fourth-order valence-corrected chi connectivity index (χ4v) is 2.49. The first-order valence-electron chi connectivity index (χ1n) is 4.49. The minimum Gasteiger partial charge on any atom is -0.361 e. The number of hydrogen-bond acceptors (Lipinski definition) is 4. The number of alkyl halides is 1. The molecule has 86 valence electrons. The number of sulfonamides is 1. The minimum absolute atomic E-state index is 0.119. The van der Waals surface area contributed by atoms with Crippen molar-refractivity contribution >= 4 is 32.6 Å². The van der Waals surface area contributed by atoms with Crippen LogP contribution in [-0.4, -0.2) is 24.5 Å². The van der Waals surface area contributed by atoms with Crippen molar-refractivity contribution in [2.75, 3.05) is 11.0 Å². The summed E-state index contributed by atoms with van der Waals surface area (Å²) in [6.45, 7) is 2.20. The summed E-state index contributed by atoms with van der Waals surface area (Å²) in [6, 6.07) is 1.62. The Morgan fingerprint density at radius 1 is 1.60 bits per heavy atom. The molecule has 0 aliphatic rings. The van der Waals surface area contributed by atoms with E-state index in [2.05, 4.69) is 32.5 Å². The van der Waals surface area contributed by atoms with Crippen molar-refractivity contribution < 1.29 is 12.9 Å². The molecule has 1 N–H and O–H groups in total. The summed E-state index contributed by atoms with van der Waals surface area (Å²) in [5.74, 6) is 0.499. The predicted octanol–water partition coefficient (Wildman–Crippen LogP) is 1.23. The van der Waals surface area contributed by atoms with Crippen molar-refractivity contribution in [3.63, 3.8) is 0 Å². The smallest absolute Gasteiger partial charge is 0.217 e. The van der Waals surface area contributed by atoms with Gasteiger partial charge in [-0.3, -0.25) is 0 Å². The average molecular weight is 344 g/mol. The Labute approximate surface area is 103 Å². The molecule has 0 amide bonds. The van der Waals surface area contributed by atoms with Gasteiger partial charge in [-0.05, 0) is 13.3 Å². The number of rotatable bonds is 6. The van der Waals surface area contributed by atoms with E-state index in [4.69, 9.17) is 4.52 Å². The highest BCUT2D eigenvalue weighted by atomic mass is 127. The molecule has 1 aromatic heterocycles. The summed E-state index contributed by atoms with van der Waals surface area (Å²) in [6.07, 6.45) is 0.831. The first kappa shape index (κ1) is 12.9. The predicted molar refractivity (Wildman–Crippen MR) is 65.4 cm³/mol. The fourth-order valence-electron chi connectivity index (χ4n) is 1.03. The van der Waals surface area contributed by atoms with E-state index < -0.39 is 10.0 Å². The molecule has 15 heavy (non-hydrogen) atoms. The molecule has 0 saturated heterocycles. The third-order valence-electron chi connectivity index (χ3n) is 1.65. The standard InChI is InChI=1S/C8H13IN2O3S/c1-7-5-8(11-14-7)6-15(12,13)10-4-2-3-9/h5,10H,2-4,6H2,1H3. The summed E-state index contributed by atoms with van der Waals surface area (Å²) >= 11 is 2.20. The van der Waals surface area contributed by atoms with Crippen molar-refractivity contribution in [3.8, 4) is 0 Å². The van der Waals surface area contributed by atoms with E-state index in [1.807, 2.05) is 0 Å². The summed E-state index contributed by atoms with van der Waals surface area (Å²) in [4.78, 5) is 0. The Balaban J connectivity index is 2.49. The summed E-state index contributed by atoms with van der Waals surface area (Å²) < 4.78 is 31.2. The van der Waals surface area contributed by atoms with Gasteiger partial charge < -0.3 is 4.52 Å². The lowest BCUT2D eigenvalue weighted by molar-refractivity contribution is 0.392. The zero-order valence-electron chi connectivity index (χ0n) is 8.36. The molecule has 0 bridgehead atoms. The van der Waals surface area contributed by atoms with Crippen molar-refractivity contribution in [1.29, 1.82) is 0 Å². The first-order valence-corrected chi connectivity index (χ1v) is 7.67. The maximum Gasteiger partial charge on any atom is 0.217 e. The molecule has 0 atom stereocenters. The number of aromatic nitrogens is 1. The second kappa shape index (κ2) is 5.80. The lowest BCUT2D eigenvalue weighted by atomic mass is 10.4. The van der Waals surface area contributed by atoms with Crippen LogP contribution in [0.2, 0.25) is 0 Å². The topological polar surface area (TPSA) is 72.2 Å². The van der Waals surface area contributed by atoms with Gasteiger partial charge in [-0.25, -0.2) is 13.1 Å². The molecule has 5 nitrogen and oxygen atoms in total. The highest BCUT2D eigenvalue weighted by Crippen LogP contribution is 2.05. The van der Waals surface area contributed by atoms with Crippen LogP contribution in [-0.2, 0) is 15.8 Å². The number of hydrogen-bond donors (Lipinski definition) is 1. The highest BCUT2D eigenvalue weighted by molar-refractivity contribution is 14.1. The second-order valence-electron chi connectivity index (χ2n) is 3.12. The van der Waals surface area contributed by atoms with E-state index in [0.29, 0.717) is 18.0 Å². The SMILES string of the molecule is Cc1cc(CS(=O)(=O)NCCCI)no1. The summed E-state index contributed by atoms with van der Waals surface area (Å²) in [5.41, 5.74) is 0.439. The van der Waals surface area contributed by atoms with Crippen LogP contribution in [0.25, 0.3) is 0 Å². The Hall–Kier alpha value is -0.150. The molecule has 0 unspecified atom stereocenters. The van der Waals surface area contributed by atoms with Crippen molar-refractivity contribution in [2.24, 2.45) is 0 Å². The third-order valence-corrected chi connectivity index (χ3v) is 3.73. The minimum atomic E-state index is -3.27. The molecule has 1 aromatic rings. The van der Waals surface area contributed by atoms with Gasteiger partial charge in [0.1, 0.15) is 17.2 Å². The molecular formula is C8H13IN2O3S. The van der Waals surface area contributed by atoms with Gasteiger partial charge in [0, 0.05) is 17.0 Å². The molecule has 0 spiro atoms. The number of nitrogens with one attached hydrogen (secondary N) is 1. The Morgan fingerprint density at radius 3 is 2.87 bits per heavy atom. The lowest BCUT2D eigenvalue weighted by Crippen LogP contribution is -2.26. The lowest BCUT2D eigenvalue weighted by Gasteiger charge is -2.02. The second-order valence-corrected chi connectivity index (χ2v) is 6.01. The highest BCUT2D eigenvalue weighted by Gasteiger charge is 2.13. The van der Waals surface area contributed by atoms with Gasteiger partial charge in [0.15, 0.2) is 0 Å².